The number of hydrogen-bond donors (Lipinski definition) is 1. The van der Waals surface area contributed by atoms with Gasteiger partial charge in [-0.2, -0.15) is 5.26 Å². The summed E-state index contributed by atoms with van der Waals surface area (Å²) in [6.07, 6.45) is 0. The second kappa shape index (κ2) is 6.44. The average Bonchev–Trinajstić information content (AvgIpc) is 2.54. The Hall–Kier alpha value is -3.00. The van der Waals surface area contributed by atoms with Crippen LogP contribution >= 0.6 is 0 Å². The molecule has 0 heterocycles. The van der Waals surface area contributed by atoms with Crippen molar-refractivity contribution in [1.29, 1.82) is 5.26 Å². The van der Waals surface area contributed by atoms with Gasteiger partial charge in [-0.05, 0) is 36.4 Å². The van der Waals surface area contributed by atoms with Crippen LogP contribution in [0.5, 0.6) is 11.5 Å². The van der Waals surface area contributed by atoms with Crippen LogP contribution in [0.15, 0.2) is 42.5 Å². The molecule has 0 bridgehead atoms. The number of nitriles is 1. The van der Waals surface area contributed by atoms with Crippen LogP contribution in [0.25, 0.3) is 0 Å². The predicted molar refractivity (Wildman–Crippen MR) is 78.7 cm³/mol. The molecule has 2 aromatic carbocycles. The Balaban J connectivity index is 2.20. The molecular weight excluding hydrogens is 268 g/mol. The van der Waals surface area contributed by atoms with Crippen LogP contribution in [0.2, 0.25) is 0 Å². The Kier molecular flexibility index (Phi) is 4.42. The Morgan fingerprint density at radius 3 is 2.29 bits per heavy atom. The number of nitrogens with zero attached hydrogens (tertiary/aromatic N) is 1. The van der Waals surface area contributed by atoms with Crippen molar-refractivity contribution in [2.45, 2.75) is 0 Å². The summed E-state index contributed by atoms with van der Waals surface area (Å²) in [6.45, 7) is 0. The number of amides is 1. The monoisotopic (exact) mass is 282 g/mol. The van der Waals surface area contributed by atoms with E-state index in [-0.39, 0.29) is 5.91 Å². The van der Waals surface area contributed by atoms with Crippen molar-refractivity contribution in [3.8, 4) is 17.6 Å². The summed E-state index contributed by atoms with van der Waals surface area (Å²) in [5, 5.41) is 11.7. The van der Waals surface area contributed by atoms with Gasteiger partial charge in [0, 0.05) is 17.3 Å². The van der Waals surface area contributed by atoms with E-state index in [1.54, 1.807) is 49.6 Å². The zero-order chi connectivity index (χ0) is 15.2. The Bertz CT molecular complexity index is 688. The molecule has 106 valence electrons. The summed E-state index contributed by atoms with van der Waals surface area (Å²) in [4.78, 5) is 12.1. The minimum absolute atomic E-state index is 0.269. The lowest BCUT2D eigenvalue weighted by atomic mass is 10.1. The molecule has 0 aliphatic carbocycles. The number of carbonyl (C=O) groups excluding carboxylic acids is 1. The van der Waals surface area contributed by atoms with Crippen molar-refractivity contribution in [3.63, 3.8) is 0 Å². The number of carbonyl (C=O) groups is 1. The number of hydrogen-bond acceptors (Lipinski definition) is 4. The van der Waals surface area contributed by atoms with Gasteiger partial charge in [-0.15, -0.1) is 0 Å². The maximum absolute atomic E-state index is 12.1. The van der Waals surface area contributed by atoms with Gasteiger partial charge in [-0.3, -0.25) is 4.79 Å². The molecule has 0 radical (unpaired) electrons. The van der Waals surface area contributed by atoms with E-state index in [0.717, 1.165) is 0 Å². The fraction of sp³-hybridized carbons (Fsp3) is 0.125. The molecule has 0 spiro atoms. The van der Waals surface area contributed by atoms with E-state index in [4.69, 9.17) is 14.7 Å². The molecular formula is C16H14N2O3. The van der Waals surface area contributed by atoms with E-state index in [2.05, 4.69) is 5.32 Å². The molecule has 1 amide bonds. The zero-order valence-corrected chi connectivity index (χ0v) is 11.7. The lowest BCUT2D eigenvalue weighted by Gasteiger charge is -2.08. The molecule has 0 saturated heterocycles. The van der Waals surface area contributed by atoms with Gasteiger partial charge in [0.2, 0.25) is 0 Å². The van der Waals surface area contributed by atoms with Crippen molar-refractivity contribution in [2.24, 2.45) is 0 Å². The Morgan fingerprint density at radius 1 is 1.05 bits per heavy atom. The average molecular weight is 282 g/mol. The highest BCUT2D eigenvalue weighted by Gasteiger charge is 2.08. The Morgan fingerprint density at radius 2 is 1.71 bits per heavy atom. The van der Waals surface area contributed by atoms with E-state index in [1.807, 2.05) is 6.07 Å². The smallest absolute Gasteiger partial charge is 0.255 e. The summed E-state index contributed by atoms with van der Waals surface area (Å²) in [5.74, 6) is 0.925. The van der Waals surface area contributed by atoms with E-state index >= 15 is 0 Å². The SMILES string of the molecule is COc1ccc(C(=O)Nc2cc(C#N)cc(OC)c2)cc1. The second-order valence-electron chi connectivity index (χ2n) is 4.24. The van der Waals surface area contributed by atoms with Gasteiger partial charge in [0.05, 0.1) is 25.9 Å². The highest BCUT2D eigenvalue weighted by molar-refractivity contribution is 6.04. The number of methoxy groups -OCH3 is 2. The van der Waals surface area contributed by atoms with Crippen LogP contribution in [-0.4, -0.2) is 20.1 Å². The van der Waals surface area contributed by atoms with Crippen molar-refractivity contribution in [2.75, 3.05) is 19.5 Å². The number of rotatable bonds is 4. The third-order valence-electron chi connectivity index (χ3n) is 2.88. The summed E-state index contributed by atoms with van der Waals surface area (Å²) in [6, 6.07) is 13.6. The van der Waals surface area contributed by atoms with Gasteiger partial charge in [0.25, 0.3) is 5.91 Å². The van der Waals surface area contributed by atoms with Gasteiger partial charge < -0.3 is 14.8 Å². The van der Waals surface area contributed by atoms with Crippen LogP contribution in [0, 0.1) is 11.3 Å². The van der Waals surface area contributed by atoms with Gasteiger partial charge in [0.1, 0.15) is 11.5 Å². The summed E-state index contributed by atoms with van der Waals surface area (Å²) in [7, 11) is 3.07. The zero-order valence-electron chi connectivity index (χ0n) is 11.7. The molecule has 1 N–H and O–H groups in total. The van der Waals surface area contributed by atoms with Crippen molar-refractivity contribution < 1.29 is 14.3 Å². The number of benzene rings is 2. The first-order valence-electron chi connectivity index (χ1n) is 6.21. The third-order valence-corrected chi connectivity index (χ3v) is 2.88. The molecule has 0 aliphatic rings. The number of ether oxygens (including phenoxy) is 2. The molecule has 0 atom stereocenters. The molecule has 0 unspecified atom stereocenters. The van der Waals surface area contributed by atoms with E-state index in [9.17, 15) is 4.79 Å². The standard InChI is InChI=1S/C16H14N2O3/c1-20-14-5-3-12(4-6-14)16(19)18-13-7-11(10-17)8-15(9-13)21-2/h3-9H,1-2H3,(H,18,19). The number of anilines is 1. The molecule has 21 heavy (non-hydrogen) atoms. The van der Waals surface area contributed by atoms with Gasteiger partial charge in [-0.1, -0.05) is 0 Å². The molecule has 0 fully saturated rings. The molecule has 5 nitrogen and oxygen atoms in total. The number of nitrogens with one attached hydrogen (secondary N) is 1. The van der Waals surface area contributed by atoms with E-state index in [0.29, 0.717) is 28.3 Å². The molecule has 0 aliphatic heterocycles. The second-order valence-corrected chi connectivity index (χ2v) is 4.24. The topological polar surface area (TPSA) is 71.3 Å². The first kappa shape index (κ1) is 14.4. The first-order chi connectivity index (χ1) is 10.2. The Labute approximate surface area is 122 Å². The maximum atomic E-state index is 12.1. The van der Waals surface area contributed by atoms with Crippen LogP contribution < -0.4 is 14.8 Å². The largest absolute Gasteiger partial charge is 0.497 e. The highest BCUT2D eigenvalue weighted by atomic mass is 16.5. The van der Waals surface area contributed by atoms with Crippen molar-refractivity contribution >= 4 is 11.6 Å². The predicted octanol–water partition coefficient (Wildman–Crippen LogP) is 2.83. The fourth-order valence-electron chi connectivity index (χ4n) is 1.80. The van der Waals surface area contributed by atoms with Crippen LogP contribution in [0.4, 0.5) is 5.69 Å². The summed E-state index contributed by atoms with van der Waals surface area (Å²) in [5.41, 5.74) is 1.42. The lowest BCUT2D eigenvalue weighted by Crippen LogP contribution is -2.12. The molecule has 2 aromatic rings. The van der Waals surface area contributed by atoms with Crippen LogP contribution in [-0.2, 0) is 0 Å². The van der Waals surface area contributed by atoms with Gasteiger partial charge >= 0.3 is 0 Å². The van der Waals surface area contributed by atoms with Crippen LogP contribution in [0.3, 0.4) is 0 Å². The van der Waals surface area contributed by atoms with Crippen LogP contribution in [0.1, 0.15) is 15.9 Å². The van der Waals surface area contributed by atoms with Crippen molar-refractivity contribution in [1.82, 2.24) is 0 Å². The first-order valence-corrected chi connectivity index (χ1v) is 6.21. The fourth-order valence-corrected chi connectivity index (χ4v) is 1.80. The maximum Gasteiger partial charge on any atom is 0.255 e. The van der Waals surface area contributed by atoms with E-state index < -0.39 is 0 Å². The minimum atomic E-state index is -0.269. The normalized spacial score (nSPS) is 9.57. The molecule has 0 aromatic heterocycles. The van der Waals surface area contributed by atoms with Gasteiger partial charge in [-0.25, -0.2) is 0 Å². The quantitative estimate of drug-likeness (QED) is 0.936. The van der Waals surface area contributed by atoms with Crippen molar-refractivity contribution in [3.05, 3.63) is 53.6 Å². The lowest BCUT2D eigenvalue weighted by molar-refractivity contribution is 0.102. The molecule has 0 saturated carbocycles. The molecule has 2 rings (SSSR count). The summed E-state index contributed by atoms with van der Waals surface area (Å²) >= 11 is 0. The van der Waals surface area contributed by atoms with Gasteiger partial charge in [0.15, 0.2) is 0 Å². The third kappa shape index (κ3) is 3.51. The van der Waals surface area contributed by atoms with E-state index in [1.165, 1.54) is 7.11 Å². The minimum Gasteiger partial charge on any atom is -0.497 e. The summed E-state index contributed by atoms with van der Waals surface area (Å²) < 4.78 is 10.1. The molecule has 5 heteroatoms. The highest BCUT2D eigenvalue weighted by Crippen LogP contribution is 2.21.